The van der Waals surface area contributed by atoms with Crippen LogP contribution in [-0.2, 0) is 4.79 Å². The van der Waals surface area contributed by atoms with Gasteiger partial charge in [-0.3, -0.25) is 9.59 Å². The largest absolute Gasteiger partial charge is 0.504 e. The third-order valence-electron chi connectivity index (χ3n) is 2.99. The SMILES string of the molecule is CN1CCN(C(=O)c2cccc(O)c2O)CC1=O. The zero-order chi connectivity index (χ0) is 13.3. The zero-order valence-electron chi connectivity index (χ0n) is 9.96. The first-order valence-corrected chi connectivity index (χ1v) is 5.55. The summed E-state index contributed by atoms with van der Waals surface area (Å²) in [5, 5.41) is 19.0. The van der Waals surface area contributed by atoms with Crippen LogP contribution in [0.5, 0.6) is 11.5 Å². The molecule has 0 atom stereocenters. The third-order valence-corrected chi connectivity index (χ3v) is 2.99. The van der Waals surface area contributed by atoms with E-state index in [1.807, 2.05) is 0 Å². The van der Waals surface area contributed by atoms with Crippen LogP contribution < -0.4 is 0 Å². The molecule has 1 heterocycles. The maximum absolute atomic E-state index is 12.1. The number of benzene rings is 1. The van der Waals surface area contributed by atoms with Gasteiger partial charge in [0.2, 0.25) is 5.91 Å². The minimum atomic E-state index is -0.454. The maximum atomic E-state index is 12.1. The van der Waals surface area contributed by atoms with Crippen molar-refractivity contribution in [3.63, 3.8) is 0 Å². The molecular formula is C12H14N2O4. The van der Waals surface area contributed by atoms with E-state index < -0.39 is 11.7 Å². The van der Waals surface area contributed by atoms with Crippen molar-refractivity contribution < 1.29 is 19.8 Å². The van der Waals surface area contributed by atoms with Crippen LogP contribution in [0.25, 0.3) is 0 Å². The molecule has 1 aliphatic heterocycles. The first-order chi connectivity index (χ1) is 8.50. The number of hydrogen-bond donors (Lipinski definition) is 2. The van der Waals surface area contributed by atoms with Crippen molar-refractivity contribution in [2.24, 2.45) is 0 Å². The lowest BCUT2D eigenvalue weighted by Gasteiger charge is -2.32. The fourth-order valence-corrected chi connectivity index (χ4v) is 1.81. The predicted octanol–water partition coefficient (Wildman–Crippen LogP) is 0.0120. The van der Waals surface area contributed by atoms with Crippen LogP contribution >= 0.6 is 0 Å². The minimum absolute atomic E-state index is 0.00681. The van der Waals surface area contributed by atoms with Gasteiger partial charge in [-0.25, -0.2) is 0 Å². The molecule has 18 heavy (non-hydrogen) atoms. The number of nitrogens with zero attached hydrogens (tertiary/aromatic N) is 2. The van der Waals surface area contributed by atoms with Crippen LogP contribution in [0, 0.1) is 0 Å². The zero-order valence-corrected chi connectivity index (χ0v) is 9.96. The van der Waals surface area contributed by atoms with E-state index in [0.717, 1.165) is 0 Å². The van der Waals surface area contributed by atoms with Gasteiger partial charge < -0.3 is 20.0 Å². The summed E-state index contributed by atoms with van der Waals surface area (Å²) in [6.45, 7) is 0.866. The molecule has 0 radical (unpaired) electrons. The number of phenols is 2. The second kappa shape index (κ2) is 4.56. The second-order valence-corrected chi connectivity index (χ2v) is 4.22. The van der Waals surface area contributed by atoms with Gasteiger partial charge in [0, 0.05) is 20.1 Å². The fraction of sp³-hybridized carbons (Fsp3) is 0.333. The normalized spacial score (nSPS) is 15.9. The van der Waals surface area contributed by atoms with E-state index in [9.17, 15) is 19.8 Å². The number of carbonyl (C=O) groups is 2. The number of carbonyl (C=O) groups excluding carboxylic acids is 2. The standard InChI is InChI=1S/C12H14N2O4/c1-13-5-6-14(7-10(13)16)12(18)8-3-2-4-9(15)11(8)17/h2-4,15,17H,5-7H2,1H3. The molecule has 0 saturated carbocycles. The number of piperazine rings is 1. The molecule has 2 N–H and O–H groups in total. The molecule has 1 aromatic rings. The molecule has 1 aromatic carbocycles. The Morgan fingerprint density at radius 3 is 2.67 bits per heavy atom. The van der Waals surface area contributed by atoms with Gasteiger partial charge in [0.05, 0.1) is 5.56 Å². The van der Waals surface area contributed by atoms with Gasteiger partial charge in [-0.05, 0) is 12.1 Å². The molecule has 0 spiro atoms. The molecule has 2 amide bonds. The van der Waals surface area contributed by atoms with E-state index in [0.29, 0.717) is 13.1 Å². The highest BCUT2D eigenvalue weighted by molar-refractivity contribution is 5.99. The number of amides is 2. The number of phenolic OH excluding ortho intramolecular Hbond substituents is 2. The summed E-state index contributed by atoms with van der Waals surface area (Å²) in [4.78, 5) is 26.5. The summed E-state index contributed by atoms with van der Waals surface area (Å²) in [5.74, 6) is -1.39. The Hall–Kier alpha value is -2.24. The summed E-state index contributed by atoms with van der Waals surface area (Å²) < 4.78 is 0. The summed E-state index contributed by atoms with van der Waals surface area (Å²) in [5.41, 5.74) is 0.00681. The van der Waals surface area contributed by atoms with Crippen molar-refractivity contribution in [2.45, 2.75) is 0 Å². The Morgan fingerprint density at radius 1 is 1.28 bits per heavy atom. The lowest BCUT2D eigenvalue weighted by molar-refractivity contribution is -0.133. The number of para-hydroxylation sites is 1. The highest BCUT2D eigenvalue weighted by Crippen LogP contribution is 2.29. The molecule has 0 unspecified atom stereocenters. The van der Waals surface area contributed by atoms with E-state index in [4.69, 9.17) is 0 Å². The summed E-state index contributed by atoms with van der Waals surface area (Å²) >= 11 is 0. The van der Waals surface area contributed by atoms with Crippen LogP contribution in [0.3, 0.4) is 0 Å². The Bertz CT molecular complexity index is 501. The highest BCUT2D eigenvalue weighted by Gasteiger charge is 2.27. The Kier molecular flexibility index (Phi) is 3.10. The summed E-state index contributed by atoms with van der Waals surface area (Å²) in [6.07, 6.45) is 0. The van der Waals surface area contributed by atoms with Crippen molar-refractivity contribution in [2.75, 3.05) is 26.7 Å². The van der Waals surface area contributed by atoms with Gasteiger partial charge in [-0.15, -0.1) is 0 Å². The van der Waals surface area contributed by atoms with Crippen molar-refractivity contribution in [1.29, 1.82) is 0 Å². The molecule has 1 aliphatic rings. The van der Waals surface area contributed by atoms with Gasteiger partial charge in [0.1, 0.15) is 6.54 Å². The molecule has 1 fully saturated rings. The van der Waals surface area contributed by atoms with Crippen LogP contribution in [0.15, 0.2) is 18.2 Å². The van der Waals surface area contributed by atoms with E-state index >= 15 is 0 Å². The lowest BCUT2D eigenvalue weighted by Crippen LogP contribution is -2.50. The van der Waals surface area contributed by atoms with Gasteiger partial charge in [0.15, 0.2) is 11.5 Å². The van der Waals surface area contributed by atoms with E-state index in [1.165, 1.54) is 23.1 Å². The number of hydrogen-bond acceptors (Lipinski definition) is 4. The monoisotopic (exact) mass is 250 g/mol. The van der Waals surface area contributed by atoms with Gasteiger partial charge >= 0.3 is 0 Å². The molecule has 2 rings (SSSR count). The highest BCUT2D eigenvalue weighted by atomic mass is 16.3. The van der Waals surface area contributed by atoms with Crippen LogP contribution in [0.4, 0.5) is 0 Å². The molecule has 96 valence electrons. The van der Waals surface area contributed by atoms with E-state index in [1.54, 1.807) is 11.9 Å². The molecule has 6 nitrogen and oxygen atoms in total. The maximum Gasteiger partial charge on any atom is 0.258 e. The van der Waals surface area contributed by atoms with Crippen molar-refractivity contribution in [3.8, 4) is 11.5 Å². The van der Waals surface area contributed by atoms with Crippen molar-refractivity contribution >= 4 is 11.8 Å². The van der Waals surface area contributed by atoms with Crippen LogP contribution in [0.2, 0.25) is 0 Å². The molecule has 0 aliphatic carbocycles. The fourth-order valence-electron chi connectivity index (χ4n) is 1.81. The molecule has 6 heteroatoms. The van der Waals surface area contributed by atoms with Gasteiger partial charge in [0.25, 0.3) is 5.91 Å². The first kappa shape index (κ1) is 12.2. The summed E-state index contributed by atoms with van der Waals surface area (Å²) in [6, 6.07) is 4.18. The van der Waals surface area contributed by atoms with E-state index in [-0.39, 0.29) is 23.8 Å². The lowest BCUT2D eigenvalue weighted by atomic mass is 10.1. The average Bonchev–Trinajstić information content (AvgIpc) is 2.35. The van der Waals surface area contributed by atoms with Gasteiger partial charge in [-0.1, -0.05) is 6.07 Å². The predicted molar refractivity (Wildman–Crippen MR) is 63.3 cm³/mol. The molecule has 0 aromatic heterocycles. The van der Waals surface area contributed by atoms with Crippen LogP contribution in [-0.4, -0.2) is 58.5 Å². The summed E-state index contributed by atoms with van der Waals surface area (Å²) in [7, 11) is 1.68. The smallest absolute Gasteiger partial charge is 0.258 e. The van der Waals surface area contributed by atoms with Crippen LogP contribution in [0.1, 0.15) is 10.4 Å². The number of likely N-dealkylation sites (N-methyl/N-ethyl adjacent to an activating group) is 1. The number of aromatic hydroxyl groups is 2. The quantitative estimate of drug-likeness (QED) is 0.688. The molecular weight excluding hydrogens is 236 g/mol. The Balaban J connectivity index is 2.22. The third kappa shape index (κ3) is 2.09. The Labute approximate surface area is 104 Å². The Morgan fingerprint density at radius 2 is 2.00 bits per heavy atom. The van der Waals surface area contributed by atoms with Crippen molar-refractivity contribution in [1.82, 2.24) is 9.80 Å². The van der Waals surface area contributed by atoms with Crippen molar-refractivity contribution in [3.05, 3.63) is 23.8 Å². The van der Waals surface area contributed by atoms with E-state index in [2.05, 4.69) is 0 Å². The first-order valence-electron chi connectivity index (χ1n) is 5.55. The average molecular weight is 250 g/mol. The second-order valence-electron chi connectivity index (χ2n) is 4.22. The topological polar surface area (TPSA) is 81.1 Å². The molecule has 0 bridgehead atoms. The molecule has 1 saturated heterocycles. The number of rotatable bonds is 1. The minimum Gasteiger partial charge on any atom is -0.504 e. The van der Waals surface area contributed by atoms with Gasteiger partial charge in [-0.2, -0.15) is 0 Å².